The first kappa shape index (κ1) is 15.5. The van der Waals surface area contributed by atoms with Crippen molar-refractivity contribution in [3.63, 3.8) is 0 Å². The summed E-state index contributed by atoms with van der Waals surface area (Å²) in [6.45, 7) is 2.04. The summed E-state index contributed by atoms with van der Waals surface area (Å²) in [6, 6.07) is 2.57. The van der Waals surface area contributed by atoms with E-state index in [4.69, 9.17) is 0 Å². The molecule has 1 aromatic rings. The molecule has 5 heteroatoms. The molecule has 0 spiro atoms. The van der Waals surface area contributed by atoms with Gasteiger partial charge in [-0.05, 0) is 38.3 Å². The van der Waals surface area contributed by atoms with Gasteiger partial charge >= 0.3 is 0 Å². The lowest BCUT2D eigenvalue weighted by Gasteiger charge is -2.23. The zero-order chi connectivity index (χ0) is 15.2. The molecule has 1 saturated heterocycles. The number of nitrogens with zero attached hydrogens (tertiary/aromatic N) is 2. The second kappa shape index (κ2) is 7.77. The number of rotatable bonds is 3. The first-order valence-electron chi connectivity index (χ1n) is 8.89. The topological polar surface area (TPSA) is 59.0 Å². The lowest BCUT2D eigenvalue weighted by atomic mass is 9.96. The fraction of sp³-hybridized carbons (Fsp3) is 0.765. The number of nitrogens with one attached hydrogen (secondary N) is 2. The Morgan fingerprint density at radius 1 is 1.14 bits per heavy atom. The van der Waals surface area contributed by atoms with E-state index in [9.17, 15) is 4.79 Å². The van der Waals surface area contributed by atoms with E-state index in [2.05, 4.69) is 15.7 Å². The summed E-state index contributed by atoms with van der Waals surface area (Å²) in [5.41, 5.74) is 0.563. The van der Waals surface area contributed by atoms with Crippen molar-refractivity contribution in [2.24, 2.45) is 0 Å². The van der Waals surface area contributed by atoms with Crippen LogP contribution >= 0.6 is 0 Å². The van der Waals surface area contributed by atoms with Crippen molar-refractivity contribution in [1.82, 2.24) is 20.4 Å². The van der Waals surface area contributed by atoms with Crippen LogP contribution in [0.25, 0.3) is 0 Å². The third kappa shape index (κ3) is 4.09. The molecule has 0 radical (unpaired) electrons. The molecule has 2 aliphatic rings. The van der Waals surface area contributed by atoms with E-state index in [-0.39, 0.29) is 5.91 Å². The van der Waals surface area contributed by atoms with Gasteiger partial charge in [-0.3, -0.25) is 9.48 Å². The molecule has 2 heterocycles. The predicted molar refractivity (Wildman–Crippen MR) is 86.9 cm³/mol. The van der Waals surface area contributed by atoms with Gasteiger partial charge < -0.3 is 10.6 Å². The predicted octanol–water partition coefficient (Wildman–Crippen LogP) is 2.65. The van der Waals surface area contributed by atoms with Crippen molar-refractivity contribution < 1.29 is 4.79 Å². The third-order valence-corrected chi connectivity index (χ3v) is 4.93. The number of piperidine rings is 1. The van der Waals surface area contributed by atoms with Gasteiger partial charge in [0, 0.05) is 18.8 Å². The van der Waals surface area contributed by atoms with Gasteiger partial charge in [-0.25, -0.2) is 0 Å². The van der Waals surface area contributed by atoms with E-state index in [1.807, 2.05) is 16.9 Å². The highest BCUT2D eigenvalue weighted by atomic mass is 16.2. The Labute approximate surface area is 132 Å². The lowest BCUT2D eigenvalue weighted by molar-refractivity contribution is 0.0924. The number of aromatic nitrogens is 2. The zero-order valence-electron chi connectivity index (χ0n) is 13.4. The average molecular weight is 304 g/mol. The molecule has 2 fully saturated rings. The number of hydrogen-bond acceptors (Lipinski definition) is 3. The first-order valence-corrected chi connectivity index (χ1v) is 8.89. The van der Waals surface area contributed by atoms with Crippen LogP contribution in [0, 0.1) is 0 Å². The third-order valence-electron chi connectivity index (χ3n) is 4.93. The van der Waals surface area contributed by atoms with Gasteiger partial charge in [0.05, 0.1) is 6.04 Å². The highest BCUT2D eigenvalue weighted by Crippen LogP contribution is 2.18. The fourth-order valence-electron chi connectivity index (χ4n) is 3.58. The molecule has 22 heavy (non-hydrogen) atoms. The van der Waals surface area contributed by atoms with Gasteiger partial charge in [-0.1, -0.05) is 32.1 Å². The minimum atomic E-state index is -0.00640. The molecule has 1 amide bonds. The number of carbonyl (C=O) groups is 1. The summed E-state index contributed by atoms with van der Waals surface area (Å²) in [7, 11) is 0. The Hall–Kier alpha value is -1.36. The standard InChI is InChI=1S/C17H28N4O/c22-17(19-14-7-4-2-1-3-5-8-14)16-10-12-21(20-16)15-9-6-11-18-13-15/h10,12,14-15,18H,1-9,11,13H2,(H,19,22). The SMILES string of the molecule is O=C(NC1CCCCCCC1)c1ccn(C2CCCNC2)n1. The minimum Gasteiger partial charge on any atom is -0.348 e. The van der Waals surface area contributed by atoms with E-state index >= 15 is 0 Å². The van der Waals surface area contributed by atoms with Gasteiger partial charge in [-0.15, -0.1) is 0 Å². The van der Waals surface area contributed by atoms with Crippen LogP contribution in [-0.2, 0) is 0 Å². The molecular weight excluding hydrogens is 276 g/mol. The Kier molecular flexibility index (Phi) is 5.48. The Morgan fingerprint density at radius 2 is 1.91 bits per heavy atom. The summed E-state index contributed by atoms with van der Waals surface area (Å²) in [4.78, 5) is 12.4. The van der Waals surface area contributed by atoms with E-state index in [0.717, 1.165) is 32.4 Å². The molecule has 1 atom stereocenters. The largest absolute Gasteiger partial charge is 0.348 e. The van der Waals surface area contributed by atoms with Gasteiger partial charge in [-0.2, -0.15) is 5.10 Å². The van der Waals surface area contributed by atoms with Crippen LogP contribution in [-0.4, -0.2) is 34.8 Å². The highest BCUT2D eigenvalue weighted by Gasteiger charge is 2.19. The van der Waals surface area contributed by atoms with Crippen molar-refractivity contribution >= 4 is 5.91 Å². The maximum absolute atomic E-state index is 12.4. The zero-order valence-corrected chi connectivity index (χ0v) is 13.4. The minimum absolute atomic E-state index is 0.00640. The Balaban J connectivity index is 1.56. The Morgan fingerprint density at radius 3 is 2.64 bits per heavy atom. The summed E-state index contributed by atoms with van der Waals surface area (Å²) in [5.74, 6) is -0.00640. The van der Waals surface area contributed by atoms with Gasteiger partial charge in [0.1, 0.15) is 5.69 Å². The molecule has 2 N–H and O–H groups in total. The molecule has 1 saturated carbocycles. The molecule has 0 bridgehead atoms. The smallest absolute Gasteiger partial charge is 0.271 e. The molecule has 1 aliphatic carbocycles. The number of amides is 1. The monoisotopic (exact) mass is 304 g/mol. The van der Waals surface area contributed by atoms with Crippen LogP contribution in [0.5, 0.6) is 0 Å². The normalized spacial score (nSPS) is 24.5. The lowest BCUT2D eigenvalue weighted by Crippen LogP contribution is -2.36. The molecule has 3 rings (SSSR count). The van der Waals surface area contributed by atoms with E-state index < -0.39 is 0 Å². The average Bonchev–Trinajstić information content (AvgIpc) is 3.01. The molecule has 1 aromatic heterocycles. The van der Waals surface area contributed by atoms with Crippen LogP contribution in [0.1, 0.15) is 74.3 Å². The van der Waals surface area contributed by atoms with Crippen LogP contribution in [0.3, 0.4) is 0 Å². The first-order chi connectivity index (χ1) is 10.8. The van der Waals surface area contributed by atoms with Crippen molar-refractivity contribution in [2.75, 3.05) is 13.1 Å². The van der Waals surface area contributed by atoms with Crippen molar-refractivity contribution in [1.29, 1.82) is 0 Å². The summed E-state index contributed by atoms with van der Waals surface area (Å²) in [6.07, 6.45) is 12.9. The maximum atomic E-state index is 12.4. The number of carbonyl (C=O) groups excluding carboxylic acids is 1. The second-order valence-electron chi connectivity index (χ2n) is 6.70. The Bertz CT molecular complexity index is 471. The molecule has 5 nitrogen and oxygen atoms in total. The van der Waals surface area contributed by atoms with Crippen molar-refractivity contribution in [3.05, 3.63) is 18.0 Å². The summed E-state index contributed by atoms with van der Waals surface area (Å²) >= 11 is 0. The van der Waals surface area contributed by atoms with Gasteiger partial charge in [0.25, 0.3) is 5.91 Å². The van der Waals surface area contributed by atoms with E-state index in [1.54, 1.807) is 0 Å². The van der Waals surface area contributed by atoms with Crippen LogP contribution in [0.4, 0.5) is 0 Å². The van der Waals surface area contributed by atoms with Crippen molar-refractivity contribution in [2.45, 2.75) is 69.9 Å². The highest BCUT2D eigenvalue weighted by molar-refractivity contribution is 5.92. The number of hydrogen-bond donors (Lipinski definition) is 2. The molecule has 1 unspecified atom stereocenters. The molecule has 0 aromatic carbocycles. The van der Waals surface area contributed by atoms with Crippen molar-refractivity contribution in [3.8, 4) is 0 Å². The molecular formula is C17H28N4O. The van der Waals surface area contributed by atoms with E-state index in [1.165, 1.54) is 38.5 Å². The van der Waals surface area contributed by atoms with Crippen LogP contribution in [0.2, 0.25) is 0 Å². The molecule has 1 aliphatic heterocycles. The second-order valence-corrected chi connectivity index (χ2v) is 6.70. The van der Waals surface area contributed by atoms with E-state index in [0.29, 0.717) is 17.8 Å². The quantitative estimate of drug-likeness (QED) is 0.902. The van der Waals surface area contributed by atoms with Gasteiger partial charge in [0.2, 0.25) is 0 Å². The van der Waals surface area contributed by atoms with Crippen LogP contribution in [0.15, 0.2) is 12.3 Å². The summed E-state index contributed by atoms with van der Waals surface area (Å²) in [5, 5.41) is 11.1. The fourth-order valence-corrected chi connectivity index (χ4v) is 3.58. The summed E-state index contributed by atoms with van der Waals surface area (Å²) < 4.78 is 1.96. The van der Waals surface area contributed by atoms with Crippen LogP contribution < -0.4 is 10.6 Å². The molecule has 122 valence electrons. The van der Waals surface area contributed by atoms with Gasteiger partial charge in [0.15, 0.2) is 0 Å². The maximum Gasteiger partial charge on any atom is 0.271 e.